The second-order valence-corrected chi connectivity index (χ2v) is 10.1. The molecule has 0 saturated carbocycles. The maximum atomic E-state index is 14.0. The van der Waals surface area contributed by atoms with Crippen LogP contribution in [0.25, 0.3) is 11.3 Å². The molecule has 0 spiro atoms. The van der Waals surface area contributed by atoms with Crippen LogP contribution in [-0.2, 0) is 12.8 Å². The van der Waals surface area contributed by atoms with E-state index >= 15 is 0 Å². The summed E-state index contributed by atoms with van der Waals surface area (Å²) >= 11 is 0. The van der Waals surface area contributed by atoms with Crippen molar-refractivity contribution in [2.24, 2.45) is 5.92 Å². The molecule has 2 aromatic carbocycles. The average molecular weight is 489 g/mol. The van der Waals surface area contributed by atoms with Crippen LogP contribution in [0, 0.1) is 5.92 Å². The van der Waals surface area contributed by atoms with E-state index in [1.165, 1.54) is 16.0 Å². The minimum Gasteiger partial charge on any atom is -0.465 e. The van der Waals surface area contributed by atoms with Crippen molar-refractivity contribution >= 4 is 12.0 Å². The van der Waals surface area contributed by atoms with E-state index in [9.17, 15) is 19.8 Å². The zero-order chi connectivity index (χ0) is 25.4. The number of nitrogens with zero attached hydrogens (tertiary/aromatic N) is 4. The van der Waals surface area contributed by atoms with E-state index in [4.69, 9.17) is 0 Å². The summed E-state index contributed by atoms with van der Waals surface area (Å²) < 4.78 is 2.12. The first-order valence-corrected chi connectivity index (χ1v) is 12.5. The van der Waals surface area contributed by atoms with Crippen molar-refractivity contribution in [3.8, 4) is 11.3 Å². The summed E-state index contributed by atoms with van der Waals surface area (Å²) in [6.45, 7) is 4.21. The fraction of sp³-hybridized carbons (Fsp3) is 0.393. The molecule has 0 radical (unpaired) electrons. The number of aliphatic hydroxyl groups excluding tert-OH is 1. The van der Waals surface area contributed by atoms with Crippen molar-refractivity contribution in [3.05, 3.63) is 77.7 Å². The first-order chi connectivity index (χ1) is 17.3. The van der Waals surface area contributed by atoms with Crippen LogP contribution in [-0.4, -0.2) is 73.3 Å². The molecule has 1 aromatic heterocycles. The normalized spacial score (nSPS) is 18.9. The highest BCUT2D eigenvalue weighted by Gasteiger charge is 2.40. The van der Waals surface area contributed by atoms with Gasteiger partial charge in [0.2, 0.25) is 0 Å². The summed E-state index contributed by atoms with van der Waals surface area (Å²) in [6, 6.07) is 17.7. The van der Waals surface area contributed by atoms with Crippen molar-refractivity contribution < 1.29 is 19.8 Å². The molecule has 1 fully saturated rings. The Morgan fingerprint density at radius 1 is 0.972 bits per heavy atom. The van der Waals surface area contributed by atoms with E-state index in [1.807, 2.05) is 44.2 Å². The maximum Gasteiger partial charge on any atom is 0.407 e. The Labute approximate surface area is 210 Å². The molecule has 188 valence electrons. The molecule has 8 nitrogen and oxygen atoms in total. The fourth-order valence-electron chi connectivity index (χ4n) is 5.52. The molecule has 2 heterocycles. The van der Waals surface area contributed by atoms with Crippen LogP contribution in [0.1, 0.15) is 41.5 Å². The number of carbonyl (C=O) groups is 2. The highest BCUT2D eigenvalue weighted by molar-refractivity contribution is 5.98. The zero-order valence-electron chi connectivity index (χ0n) is 20.6. The third-order valence-electron chi connectivity index (χ3n) is 7.49. The number of aliphatic hydroxyl groups is 1. The van der Waals surface area contributed by atoms with Crippen molar-refractivity contribution in [1.29, 1.82) is 0 Å². The molecule has 2 aliphatic rings. The third-order valence-corrected chi connectivity index (χ3v) is 7.49. The summed E-state index contributed by atoms with van der Waals surface area (Å²) in [7, 11) is 0. The monoisotopic (exact) mass is 488 g/mol. The molecule has 0 unspecified atom stereocenters. The molecule has 3 aromatic rings. The van der Waals surface area contributed by atoms with Crippen molar-refractivity contribution in [2.45, 2.75) is 44.9 Å². The van der Waals surface area contributed by atoms with E-state index < -0.39 is 18.2 Å². The van der Waals surface area contributed by atoms with Gasteiger partial charge in [-0.2, -0.15) is 0 Å². The van der Waals surface area contributed by atoms with E-state index in [-0.39, 0.29) is 37.5 Å². The number of carbonyl (C=O) groups excluding carboxylic acids is 1. The minimum absolute atomic E-state index is 0.0692. The van der Waals surface area contributed by atoms with Crippen molar-refractivity contribution in [2.75, 3.05) is 19.6 Å². The number of amides is 2. The Kier molecular flexibility index (Phi) is 6.53. The highest BCUT2D eigenvalue weighted by atomic mass is 16.4. The van der Waals surface area contributed by atoms with Crippen LogP contribution < -0.4 is 0 Å². The Morgan fingerprint density at radius 2 is 1.61 bits per heavy atom. The molecule has 1 aliphatic carbocycles. The molecule has 5 rings (SSSR count). The molecule has 1 saturated heterocycles. The first kappa shape index (κ1) is 24.1. The average Bonchev–Trinajstić information content (AvgIpc) is 3.52. The lowest BCUT2D eigenvalue weighted by Gasteiger charge is -2.43. The van der Waals surface area contributed by atoms with E-state index in [2.05, 4.69) is 33.8 Å². The quantitative estimate of drug-likeness (QED) is 0.571. The van der Waals surface area contributed by atoms with Gasteiger partial charge in [-0.05, 0) is 29.9 Å². The lowest BCUT2D eigenvalue weighted by atomic mass is 9.95. The zero-order valence-corrected chi connectivity index (χ0v) is 20.6. The molecule has 1 aliphatic heterocycles. The number of benzene rings is 2. The first-order valence-electron chi connectivity index (χ1n) is 12.5. The number of piperazine rings is 1. The van der Waals surface area contributed by atoms with E-state index in [0.717, 1.165) is 24.1 Å². The SMILES string of the molecule is CC(C)[C@@H](O)[C@@H]1CN(C(=O)O)CCN1C(=O)c1ncn(C2Cc3ccccc3C2)c1-c1ccccc1. The van der Waals surface area contributed by atoms with E-state index in [0.29, 0.717) is 5.69 Å². The van der Waals surface area contributed by atoms with Gasteiger partial charge < -0.3 is 24.6 Å². The van der Waals surface area contributed by atoms with Crippen molar-refractivity contribution in [1.82, 2.24) is 19.4 Å². The number of hydrogen-bond donors (Lipinski definition) is 2. The molecule has 8 heteroatoms. The number of imidazole rings is 1. The van der Waals surface area contributed by atoms with Crippen LogP contribution >= 0.6 is 0 Å². The van der Waals surface area contributed by atoms with Crippen LogP contribution in [0.15, 0.2) is 60.9 Å². The van der Waals surface area contributed by atoms with Gasteiger partial charge in [-0.3, -0.25) is 4.79 Å². The van der Waals surface area contributed by atoms with Gasteiger partial charge in [-0.1, -0.05) is 68.4 Å². The molecular formula is C28H32N4O4. The van der Waals surface area contributed by atoms with Gasteiger partial charge in [0.1, 0.15) is 0 Å². The van der Waals surface area contributed by atoms with Gasteiger partial charge in [0.25, 0.3) is 5.91 Å². The lowest BCUT2D eigenvalue weighted by molar-refractivity contribution is -0.0142. The Hall–Kier alpha value is -3.65. The number of rotatable bonds is 5. The number of fused-ring (bicyclic) bond motifs is 1. The second kappa shape index (κ2) is 9.78. The summed E-state index contributed by atoms with van der Waals surface area (Å²) in [5, 5.41) is 20.5. The predicted octanol–water partition coefficient (Wildman–Crippen LogP) is 3.71. The molecule has 0 bridgehead atoms. The van der Waals surface area contributed by atoms with Crippen LogP contribution in [0.5, 0.6) is 0 Å². The van der Waals surface area contributed by atoms with Gasteiger partial charge in [0.15, 0.2) is 5.69 Å². The number of hydrogen-bond acceptors (Lipinski definition) is 4. The molecule has 36 heavy (non-hydrogen) atoms. The molecule has 2 N–H and O–H groups in total. The fourth-order valence-corrected chi connectivity index (χ4v) is 5.52. The van der Waals surface area contributed by atoms with Gasteiger partial charge in [-0.15, -0.1) is 0 Å². The van der Waals surface area contributed by atoms with Crippen LogP contribution in [0.2, 0.25) is 0 Å². The predicted molar refractivity (Wildman–Crippen MR) is 136 cm³/mol. The second-order valence-electron chi connectivity index (χ2n) is 10.1. The van der Waals surface area contributed by atoms with E-state index in [1.54, 1.807) is 11.2 Å². The molecule has 2 amide bonds. The van der Waals surface area contributed by atoms with Crippen molar-refractivity contribution in [3.63, 3.8) is 0 Å². The molecule has 2 atom stereocenters. The summed E-state index contributed by atoms with van der Waals surface area (Å²) in [6.07, 6.45) is 1.59. The van der Waals surface area contributed by atoms with Gasteiger partial charge in [0, 0.05) is 31.2 Å². The Balaban J connectivity index is 1.53. The maximum absolute atomic E-state index is 14.0. The van der Waals surface area contributed by atoms with Gasteiger partial charge in [0.05, 0.1) is 24.2 Å². The topological polar surface area (TPSA) is 98.9 Å². The Bertz CT molecular complexity index is 1230. The van der Waals surface area contributed by atoms with Crippen LogP contribution in [0.3, 0.4) is 0 Å². The summed E-state index contributed by atoms with van der Waals surface area (Å²) in [5.74, 6) is -0.417. The van der Waals surface area contributed by atoms with Gasteiger partial charge >= 0.3 is 6.09 Å². The smallest absolute Gasteiger partial charge is 0.407 e. The summed E-state index contributed by atoms with van der Waals surface area (Å²) in [4.78, 5) is 33.2. The number of aromatic nitrogens is 2. The number of carboxylic acid groups (broad SMARTS) is 1. The molecular weight excluding hydrogens is 456 g/mol. The largest absolute Gasteiger partial charge is 0.465 e. The highest BCUT2D eigenvalue weighted by Crippen LogP contribution is 2.35. The van der Waals surface area contributed by atoms with Crippen LogP contribution in [0.4, 0.5) is 4.79 Å². The Morgan fingerprint density at radius 3 is 2.22 bits per heavy atom. The third kappa shape index (κ3) is 4.37. The lowest BCUT2D eigenvalue weighted by Crippen LogP contribution is -2.61. The minimum atomic E-state index is -1.04. The van der Waals surface area contributed by atoms with Gasteiger partial charge in [-0.25, -0.2) is 9.78 Å². The summed E-state index contributed by atoms with van der Waals surface area (Å²) in [5.41, 5.74) is 4.62. The standard InChI is InChI=1S/C28H32N4O4/c1-18(2)26(33)23-16-30(28(35)36)12-13-31(23)27(34)24-25(19-8-4-3-5-9-19)32(17-29-24)22-14-20-10-6-7-11-21(20)15-22/h3-11,17-18,22-23,26,33H,12-16H2,1-2H3,(H,35,36)/t23-,26+/m0/s1.